The number of rotatable bonds is 5. The highest BCUT2D eigenvalue weighted by molar-refractivity contribution is 5.77. The predicted molar refractivity (Wildman–Crippen MR) is 61.6 cm³/mol. The van der Waals surface area contributed by atoms with Gasteiger partial charge in [-0.25, -0.2) is 0 Å². The fourth-order valence-electron chi connectivity index (χ4n) is 1.14. The Balaban J connectivity index is 2.74. The summed E-state index contributed by atoms with van der Waals surface area (Å²) in [5, 5.41) is 12.9. The largest absolute Gasteiger partial charge is 0.480 e. The normalized spacial score (nSPS) is 12.4. The molecule has 0 unspecified atom stereocenters. The third-order valence-corrected chi connectivity index (χ3v) is 2.83. The standard InChI is InChI=1S/C11H19N3O3/c1-7(2)9-12-8(13-17-9)6-14(5)11(3,4)10(15)16/h7H,6H2,1-5H3,(H,15,16). The van der Waals surface area contributed by atoms with Gasteiger partial charge in [0.1, 0.15) is 5.54 Å². The Morgan fingerprint density at radius 2 is 2.12 bits per heavy atom. The number of hydrogen-bond donors (Lipinski definition) is 1. The van der Waals surface area contributed by atoms with Gasteiger partial charge in [0.15, 0.2) is 5.82 Å². The molecule has 0 fully saturated rings. The molecule has 1 aromatic rings. The summed E-state index contributed by atoms with van der Waals surface area (Å²) in [4.78, 5) is 16.9. The van der Waals surface area contributed by atoms with Gasteiger partial charge in [-0.1, -0.05) is 19.0 Å². The summed E-state index contributed by atoms with van der Waals surface area (Å²) in [6.07, 6.45) is 0. The lowest BCUT2D eigenvalue weighted by atomic mass is 10.0. The van der Waals surface area contributed by atoms with E-state index >= 15 is 0 Å². The molecule has 0 aliphatic heterocycles. The molecule has 0 saturated carbocycles. The molecule has 0 aliphatic rings. The van der Waals surface area contributed by atoms with E-state index in [1.165, 1.54) is 0 Å². The van der Waals surface area contributed by atoms with Crippen molar-refractivity contribution in [1.29, 1.82) is 0 Å². The SMILES string of the molecule is CC(C)c1nc(CN(C)C(C)(C)C(=O)O)no1. The summed E-state index contributed by atoms with van der Waals surface area (Å²) in [5.41, 5.74) is -0.960. The molecule has 1 N–H and O–H groups in total. The van der Waals surface area contributed by atoms with Crippen LogP contribution in [-0.4, -0.2) is 38.7 Å². The zero-order valence-electron chi connectivity index (χ0n) is 10.9. The first-order valence-corrected chi connectivity index (χ1v) is 5.52. The van der Waals surface area contributed by atoms with Crippen LogP contribution in [0, 0.1) is 0 Å². The Hall–Kier alpha value is -1.43. The van der Waals surface area contributed by atoms with Crippen molar-refractivity contribution < 1.29 is 14.4 Å². The van der Waals surface area contributed by atoms with Crippen LogP contribution in [0.3, 0.4) is 0 Å². The van der Waals surface area contributed by atoms with E-state index in [0.717, 1.165) is 0 Å². The first kappa shape index (κ1) is 13.6. The Morgan fingerprint density at radius 3 is 2.53 bits per heavy atom. The molecule has 1 heterocycles. The number of likely N-dealkylation sites (N-methyl/N-ethyl adjacent to an activating group) is 1. The quantitative estimate of drug-likeness (QED) is 0.841. The number of carboxylic acids is 1. The predicted octanol–water partition coefficient (Wildman–Crippen LogP) is 1.49. The Bertz CT molecular complexity index is 398. The van der Waals surface area contributed by atoms with Crippen molar-refractivity contribution in [2.75, 3.05) is 7.05 Å². The second-order valence-corrected chi connectivity index (χ2v) is 4.92. The van der Waals surface area contributed by atoms with Crippen LogP contribution in [0.25, 0.3) is 0 Å². The fraction of sp³-hybridized carbons (Fsp3) is 0.727. The number of carboxylic acid groups (broad SMARTS) is 1. The highest BCUT2D eigenvalue weighted by atomic mass is 16.5. The van der Waals surface area contributed by atoms with Crippen LogP contribution in [0.5, 0.6) is 0 Å². The van der Waals surface area contributed by atoms with Crippen molar-refractivity contribution in [3.8, 4) is 0 Å². The van der Waals surface area contributed by atoms with Crippen molar-refractivity contribution in [2.45, 2.75) is 45.7 Å². The molecule has 0 aromatic carbocycles. The minimum atomic E-state index is -0.960. The fourth-order valence-corrected chi connectivity index (χ4v) is 1.14. The first-order chi connectivity index (χ1) is 7.75. The van der Waals surface area contributed by atoms with Crippen LogP contribution in [0.4, 0.5) is 0 Å². The number of aliphatic carboxylic acids is 1. The van der Waals surface area contributed by atoms with E-state index in [4.69, 9.17) is 9.63 Å². The molecule has 17 heavy (non-hydrogen) atoms. The third kappa shape index (κ3) is 3.03. The van der Waals surface area contributed by atoms with Gasteiger partial charge in [0.25, 0.3) is 0 Å². The molecule has 6 nitrogen and oxygen atoms in total. The van der Waals surface area contributed by atoms with E-state index in [-0.39, 0.29) is 5.92 Å². The zero-order valence-corrected chi connectivity index (χ0v) is 10.9. The molecule has 0 spiro atoms. The lowest BCUT2D eigenvalue weighted by Crippen LogP contribution is -2.47. The summed E-state index contributed by atoms with van der Waals surface area (Å²) >= 11 is 0. The second kappa shape index (κ2) is 4.83. The van der Waals surface area contributed by atoms with Crippen molar-refractivity contribution >= 4 is 5.97 Å². The zero-order chi connectivity index (χ0) is 13.2. The lowest BCUT2D eigenvalue weighted by Gasteiger charge is -2.30. The Morgan fingerprint density at radius 1 is 1.53 bits per heavy atom. The van der Waals surface area contributed by atoms with E-state index < -0.39 is 11.5 Å². The molecule has 0 amide bonds. The molecule has 0 atom stereocenters. The summed E-state index contributed by atoms with van der Waals surface area (Å²) in [5.74, 6) is 0.369. The molecule has 6 heteroatoms. The molecule has 1 rings (SSSR count). The van der Waals surface area contributed by atoms with Gasteiger partial charge in [0, 0.05) is 5.92 Å². The van der Waals surface area contributed by atoms with Gasteiger partial charge >= 0.3 is 5.97 Å². The average molecular weight is 241 g/mol. The van der Waals surface area contributed by atoms with Gasteiger partial charge in [0.2, 0.25) is 5.89 Å². The van der Waals surface area contributed by atoms with Crippen LogP contribution in [0.1, 0.15) is 45.3 Å². The van der Waals surface area contributed by atoms with Gasteiger partial charge in [-0.05, 0) is 20.9 Å². The van der Waals surface area contributed by atoms with Crippen LogP contribution < -0.4 is 0 Å². The van der Waals surface area contributed by atoms with E-state index in [9.17, 15) is 4.79 Å². The molecule has 0 bridgehead atoms. The summed E-state index contributed by atoms with van der Waals surface area (Å²) < 4.78 is 5.06. The van der Waals surface area contributed by atoms with E-state index in [1.54, 1.807) is 25.8 Å². The molecule has 1 aromatic heterocycles. The Kier molecular flexibility index (Phi) is 3.87. The van der Waals surface area contributed by atoms with Crippen LogP contribution in [0.2, 0.25) is 0 Å². The molecular formula is C11H19N3O3. The van der Waals surface area contributed by atoms with Crippen LogP contribution >= 0.6 is 0 Å². The van der Waals surface area contributed by atoms with Gasteiger partial charge in [-0.2, -0.15) is 4.98 Å². The van der Waals surface area contributed by atoms with Gasteiger partial charge < -0.3 is 9.63 Å². The molecule has 0 saturated heterocycles. The smallest absolute Gasteiger partial charge is 0.323 e. The maximum absolute atomic E-state index is 11.1. The maximum Gasteiger partial charge on any atom is 0.323 e. The first-order valence-electron chi connectivity index (χ1n) is 5.52. The topological polar surface area (TPSA) is 79.5 Å². The number of nitrogens with zero attached hydrogens (tertiary/aromatic N) is 3. The number of aromatic nitrogens is 2. The highest BCUT2D eigenvalue weighted by Crippen LogP contribution is 2.16. The number of carbonyl (C=O) groups is 1. The van der Waals surface area contributed by atoms with E-state index in [1.807, 2.05) is 13.8 Å². The monoisotopic (exact) mass is 241 g/mol. The number of hydrogen-bond acceptors (Lipinski definition) is 5. The third-order valence-electron chi connectivity index (χ3n) is 2.83. The molecular weight excluding hydrogens is 222 g/mol. The van der Waals surface area contributed by atoms with Gasteiger partial charge in [-0.3, -0.25) is 9.69 Å². The van der Waals surface area contributed by atoms with Crippen LogP contribution in [-0.2, 0) is 11.3 Å². The van der Waals surface area contributed by atoms with Crippen molar-refractivity contribution in [2.24, 2.45) is 0 Å². The van der Waals surface area contributed by atoms with Crippen molar-refractivity contribution in [3.05, 3.63) is 11.7 Å². The van der Waals surface area contributed by atoms with E-state index in [0.29, 0.717) is 18.3 Å². The molecule has 0 aliphatic carbocycles. The molecule has 96 valence electrons. The maximum atomic E-state index is 11.1. The Labute approximate surface area is 101 Å². The van der Waals surface area contributed by atoms with Gasteiger partial charge in [0.05, 0.1) is 6.54 Å². The second-order valence-electron chi connectivity index (χ2n) is 4.92. The summed E-state index contributed by atoms with van der Waals surface area (Å²) in [7, 11) is 1.72. The van der Waals surface area contributed by atoms with Gasteiger partial charge in [-0.15, -0.1) is 0 Å². The van der Waals surface area contributed by atoms with Crippen molar-refractivity contribution in [3.63, 3.8) is 0 Å². The summed E-state index contributed by atoms with van der Waals surface area (Å²) in [6, 6.07) is 0. The summed E-state index contributed by atoms with van der Waals surface area (Å²) in [6.45, 7) is 7.54. The van der Waals surface area contributed by atoms with Crippen molar-refractivity contribution in [1.82, 2.24) is 15.0 Å². The average Bonchev–Trinajstić information content (AvgIpc) is 2.65. The minimum absolute atomic E-state index is 0.175. The highest BCUT2D eigenvalue weighted by Gasteiger charge is 2.32. The molecule has 0 radical (unpaired) electrons. The lowest BCUT2D eigenvalue weighted by molar-refractivity contribution is -0.148. The van der Waals surface area contributed by atoms with Crippen LogP contribution in [0.15, 0.2) is 4.52 Å². The minimum Gasteiger partial charge on any atom is -0.480 e. The van der Waals surface area contributed by atoms with E-state index in [2.05, 4.69) is 10.1 Å².